The number of hydrogen-bond donors (Lipinski definition) is 2. The van der Waals surface area contributed by atoms with Gasteiger partial charge >= 0.3 is 0 Å². The van der Waals surface area contributed by atoms with Gasteiger partial charge in [0.15, 0.2) is 5.82 Å². The summed E-state index contributed by atoms with van der Waals surface area (Å²) in [5, 5.41) is 10.9. The summed E-state index contributed by atoms with van der Waals surface area (Å²) in [6.07, 6.45) is 8.04. The molecule has 2 amide bonds. The Morgan fingerprint density at radius 2 is 1.86 bits per heavy atom. The van der Waals surface area contributed by atoms with Crippen molar-refractivity contribution in [2.45, 2.75) is 50.6 Å². The first-order chi connectivity index (χ1) is 20.3. The maximum Gasteiger partial charge on any atom is 0.290 e. The Morgan fingerprint density at radius 3 is 2.64 bits per heavy atom. The fourth-order valence-electron chi connectivity index (χ4n) is 6.12. The molecule has 0 unspecified atom stereocenters. The van der Waals surface area contributed by atoms with E-state index in [4.69, 9.17) is 0 Å². The van der Waals surface area contributed by atoms with Crippen molar-refractivity contribution in [1.82, 2.24) is 29.9 Å². The third-order valence-electron chi connectivity index (χ3n) is 8.56. The Morgan fingerprint density at radius 1 is 1.02 bits per heavy atom. The number of rotatable bonds is 6. The second-order valence-electron chi connectivity index (χ2n) is 11.6. The van der Waals surface area contributed by atoms with Gasteiger partial charge in [-0.3, -0.25) is 19.3 Å². The highest BCUT2D eigenvalue weighted by Gasteiger charge is 2.32. The van der Waals surface area contributed by atoms with Crippen LogP contribution in [0.4, 0.5) is 17.3 Å². The van der Waals surface area contributed by atoms with Crippen molar-refractivity contribution in [3.63, 3.8) is 0 Å². The number of piperidine rings is 1. The van der Waals surface area contributed by atoms with Crippen LogP contribution in [0.5, 0.6) is 0 Å². The van der Waals surface area contributed by atoms with Gasteiger partial charge in [0.2, 0.25) is 5.91 Å². The molecule has 2 aliphatic heterocycles. The number of carbonyl (C=O) groups excluding carboxylic acids is 2. The molecule has 11 nitrogen and oxygen atoms in total. The van der Waals surface area contributed by atoms with Gasteiger partial charge in [-0.05, 0) is 68.8 Å². The summed E-state index contributed by atoms with van der Waals surface area (Å²) < 4.78 is 1.33. The van der Waals surface area contributed by atoms with Crippen molar-refractivity contribution in [3.8, 4) is 0 Å². The summed E-state index contributed by atoms with van der Waals surface area (Å²) >= 11 is 1.63. The van der Waals surface area contributed by atoms with E-state index in [0.29, 0.717) is 30.4 Å². The molecule has 0 aromatic carbocycles. The largest absolute Gasteiger partial charge is 0.353 e. The van der Waals surface area contributed by atoms with E-state index in [-0.39, 0.29) is 29.5 Å². The Kier molecular flexibility index (Phi) is 8.00. The van der Waals surface area contributed by atoms with Crippen LogP contribution in [0.15, 0.2) is 35.3 Å². The van der Waals surface area contributed by atoms with Gasteiger partial charge in [-0.25, -0.2) is 9.67 Å². The lowest BCUT2D eigenvalue weighted by molar-refractivity contribution is -0.139. The van der Waals surface area contributed by atoms with Gasteiger partial charge in [-0.2, -0.15) is 5.10 Å². The topological polar surface area (TPSA) is 116 Å². The van der Waals surface area contributed by atoms with Crippen LogP contribution in [-0.4, -0.2) is 82.7 Å². The first kappa shape index (κ1) is 28.4. The van der Waals surface area contributed by atoms with Gasteiger partial charge in [0.1, 0.15) is 17.5 Å². The number of carbonyl (C=O) groups is 2. The van der Waals surface area contributed by atoms with Crippen molar-refractivity contribution in [3.05, 3.63) is 61.7 Å². The summed E-state index contributed by atoms with van der Waals surface area (Å²) in [5.41, 5.74) is 2.25. The van der Waals surface area contributed by atoms with Crippen molar-refractivity contribution in [2.75, 3.05) is 50.5 Å². The Labute approximate surface area is 249 Å². The van der Waals surface area contributed by atoms with Gasteiger partial charge in [-0.15, -0.1) is 11.3 Å². The zero-order valence-electron chi connectivity index (χ0n) is 24.4. The highest BCUT2D eigenvalue weighted by atomic mass is 32.1. The molecular formula is C30H38N8O3S. The third kappa shape index (κ3) is 5.78. The maximum atomic E-state index is 13.1. The summed E-state index contributed by atoms with van der Waals surface area (Å²) in [4.78, 5) is 51.4. The van der Waals surface area contributed by atoms with Crippen molar-refractivity contribution < 1.29 is 9.59 Å². The van der Waals surface area contributed by atoms with E-state index in [2.05, 4.69) is 31.7 Å². The molecule has 0 saturated carbocycles. The predicted molar refractivity (Wildman–Crippen MR) is 164 cm³/mol. The zero-order valence-corrected chi connectivity index (χ0v) is 25.2. The Balaban J connectivity index is 1.14. The van der Waals surface area contributed by atoms with Crippen LogP contribution in [0.1, 0.15) is 57.4 Å². The fraction of sp³-hybridized carbons (Fsp3) is 0.500. The standard InChI is InChI=1S/C30H38N8O3S/c1-35-13-14-36(2)30(41)27(35)20-10-11-25(31-17-20)33-22-16-26(34-37(3)29(22)40)38-12-6-8-21(18-38)32-28(39)24-15-19-7-4-5-9-23(19)42-24/h10-11,15-17,21,27H,4-9,12-14,18H2,1-3H3,(H,31,33)(H,32,39)/t21-,27-/m1/s1. The van der Waals surface area contributed by atoms with E-state index in [9.17, 15) is 14.4 Å². The molecule has 2 atom stereocenters. The highest BCUT2D eigenvalue weighted by molar-refractivity contribution is 7.14. The van der Waals surface area contributed by atoms with E-state index in [1.54, 1.807) is 41.6 Å². The molecule has 5 heterocycles. The second kappa shape index (κ2) is 11.8. The minimum atomic E-state index is -0.372. The molecule has 0 spiro atoms. The number of piperazine rings is 1. The van der Waals surface area contributed by atoms with Crippen molar-refractivity contribution in [2.24, 2.45) is 7.05 Å². The summed E-state index contributed by atoms with van der Waals surface area (Å²) in [6.45, 7) is 2.90. The molecule has 3 aromatic heterocycles. The number of hydrogen-bond acceptors (Lipinski definition) is 9. The Bertz CT molecular complexity index is 1510. The second-order valence-corrected chi connectivity index (χ2v) is 12.8. The average molecular weight is 591 g/mol. The monoisotopic (exact) mass is 590 g/mol. The number of anilines is 3. The lowest BCUT2D eigenvalue weighted by Gasteiger charge is -2.36. The van der Waals surface area contributed by atoms with Crippen LogP contribution in [-0.2, 0) is 24.7 Å². The van der Waals surface area contributed by atoms with Gasteiger partial charge in [0, 0.05) is 63.5 Å². The number of fused-ring (bicyclic) bond motifs is 1. The van der Waals surface area contributed by atoms with Crippen LogP contribution in [0, 0.1) is 0 Å². The molecule has 1 aliphatic carbocycles. The number of nitrogens with one attached hydrogen (secondary N) is 2. The number of pyridine rings is 1. The smallest absolute Gasteiger partial charge is 0.290 e. The first-order valence-electron chi connectivity index (χ1n) is 14.7. The van der Waals surface area contributed by atoms with E-state index >= 15 is 0 Å². The molecule has 2 saturated heterocycles. The Hall–Kier alpha value is -3.77. The van der Waals surface area contributed by atoms with Crippen LogP contribution in [0.3, 0.4) is 0 Å². The molecular weight excluding hydrogens is 552 g/mol. The van der Waals surface area contributed by atoms with Crippen LogP contribution >= 0.6 is 11.3 Å². The van der Waals surface area contributed by atoms with Crippen LogP contribution < -0.4 is 21.1 Å². The lowest BCUT2D eigenvalue weighted by Crippen LogP contribution is -2.49. The van der Waals surface area contributed by atoms with Crippen molar-refractivity contribution in [1.29, 1.82) is 0 Å². The number of aryl methyl sites for hydroxylation is 3. The lowest BCUT2D eigenvalue weighted by atomic mass is 9.99. The zero-order chi connectivity index (χ0) is 29.4. The van der Waals surface area contributed by atoms with E-state index in [0.717, 1.165) is 49.2 Å². The van der Waals surface area contributed by atoms with E-state index in [1.165, 1.54) is 28.0 Å². The molecule has 222 valence electrons. The normalized spacial score (nSPS) is 21.3. The molecule has 0 radical (unpaired) electrons. The van der Waals surface area contributed by atoms with Crippen molar-refractivity contribution >= 4 is 40.5 Å². The molecule has 3 aromatic rings. The first-order valence-corrected chi connectivity index (χ1v) is 15.5. The number of nitrogens with zero attached hydrogens (tertiary/aromatic N) is 6. The SMILES string of the molecule is CN1CCN(C)[C@H](c2ccc(Nc3cc(N4CCC[C@@H](NC(=O)c5cc6c(s5)CCCC6)C4)nn(C)c3=O)nc2)C1=O. The molecule has 3 aliphatic rings. The molecule has 2 N–H and O–H groups in total. The summed E-state index contributed by atoms with van der Waals surface area (Å²) in [5.74, 6) is 1.22. The molecule has 0 bridgehead atoms. The van der Waals surface area contributed by atoms with E-state index in [1.807, 2.05) is 25.1 Å². The van der Waals surface area contributed by atoms with E-state index < -0.39 is 0 Å². The fourth-order valence-corrected chi connectivity index (χ4v) is 7.28. The molecule has 6 rings (SSSR count). The number of thiophene rings is 1. The number of amides is 2. The number of likely N-dealkylation sites (N-methyl/N-ethyl adjacent to an activating group) is 2. The summed E-state index contributed by atoms with van der Waals surface area (Å²) in [6, 6.07) is 7.12. The van der Waals surface area contributed by atoms with Gasteiger partial charge in [0.05, 0.1) is 4.88 Å². The quantitative estimate of drug-likeness (QED) is 0.451. The molecule has 2 fully saturated rings. The minimum Gasteiger partial charge on any atom is -0.353 e. The highest BCUT2D eigenvalue weighted by Crippen LogP contribution is 2.30. The van der Waals surface area contributed by atoms with Crippen LogP contribution in [0.25, 0.3) is 0 Å². The molecule has 42 heavy (non-hydrogen) atoms. The number of aromatic nitrogens is 3. The third-order valence-corrected chi connectivity index (χ3v) is 9.79. The van der Waals surface area contributed by atoms with Crippen LogP contribution in [0.2, 0.25) is 0 Å². The van der Waals surface area contributed by atoms with Gasteiger partial charge in [-0.1, -0.05) is 6.07 Å². The average Bonchev–Trinajstić information content (AvgIpc) is 3.43. The molecule has 12 heteroatoms. The van der Waals surface area contributed by atoms with Gasteiger partial charge in [0.25, 0.3) is 11.5 Å². The predicted octanol–water partition coefficient (Wildman–Crippen LogP) is 2.70. The van der Waals surface area contributed by atoms with Gasteiger partial charge < -0.3 is 20.4 Å². The minimum absolute atomic E-state index is 0.000636. The maximum absolute atomic E-state index is 13.1. The summed E-state index contributed by atoms with van der Waals surface area (Å²) in [7, 11) is 5.39.